The molecule has 2 aromatic heterocycles. The molecule has 6 nitrogen and oxygen atoms in total. The first-order valence-corrected chi connectivity index (χ1v) is 10.0. The Labute approximate surface area is 182 Å². The molecule has 0 bridgehead atoms. The molecule has 0 saturated carbocycles. The third-order valence-corrected chi connectivity index (χ3v) is 5.24. The topological polar surface area (TPSA) is 81.3 Å². The second-order valence-electron chi connectivity index (χ2n) is 7.47. The van der Waals surface area contributed by atoms with Crippen LogP contribution in [0.5, 0.6) is 0 Å². The van der Waals surface area contributed by atoms with E-state index in [9.17, 15) is 18.0 Å². The Morgan fingerprint density at radius 1 is 1.12 bits per heavy atom. The number of halogens is 3. The van der Waals surface area contributed by atoms with Gasteiger partial charge in [0.05, 0.1) is 30.0 Å². The molecule has 166 valence electrons. The monoisotopic (exact) mass is 442 g/mol. The summed E-state index contributed by atoms with van der Waals surface area (Å²) in [7, 11) is 0. The minimum atomic E-state index is -4.43. The van der Waals surface area contributed by atoms with E-state index in [0.29, 0.717) is 35.9 Å². The molecule has 0 spiro atoms. The van der Waals surface area contributed by atoms with Crippen molar-refractivity contribution in [3.63, 3.8) is 0 Å². The molecule has 2 N–H and O–H groups in total. The van der Waals surface area contributed by atoms with Gasteiger partial charge in [0.1, 0.15) is 11.9 Å². The highest BCUT2D eigenvalue weighted by molar-refractivity contribution is 5.94. The maximum Gasteiger partial charge on any atom is 0.416 e. The van der Waals surface area contributed by atoms with Crippen LogP contribution in [0.2, 0.25) is 0 Å². The third-order valence-electron chi connectivity index (χ3n) is 5.24. The van der Waals surface area contributed by atoms with E-state index in [0.717, 1.165) is 6.07 Å². The number of morpholine rings is 1. The fourth-order valence-electron chi connectivity index (χ4n) is 3.65. The maximum atomic E-state index is 13.3. The number of hydrogen-bond acceptors (Lipinski definition) is 5. The Kier molecular flexibility index (Phi) is 6.09. The van der Waals surface area contributed by atoms with Crippen molar-refractivity contribution >= 4 is 11.7 Å². The SMILES string of the molecule is Nc1ccc(C(=O)N2CCO[C@@H](c3cccc(Cc4ccccc4C(F)(F)F)n3)C2)cn1. The fourth-order valence-corrected chi connectivity index (χ4v) is 3.65. The van der Waals surface area contributed by atoms with Crippen LogP contribution < -0.4 is 5.73 Å². The van der Waals surface area contributed by atoms with Crippen molar-refractivity contribution in [2.75, 3.05) is 25.4 Å². The van der Waals surface area contributed by atoms with E-state index in [4.69, 9.17) is 10.5 Å². The summed E-state index contributed by atoms with van der Waals surface area (Å²) < 4.78 is 45.7. The summed E-state index contributed by atoms with van der Waals surface area (Å²) in [4.78, 5) is 22.9. The van der Waals surface area contributed by atoms with Crippen molar-refractivity contribution in [1.29, 1.82) is 0 Å². The average molecular weight is 442 g/mol. The van der Waals surface area contributed by atoms with E-state index in [1.54, 1.807) is 41.3 Å². The second kappa shape index (κ2) is 8.96. The molecular weight excluding hydrogens is 421 g/mol. The summed E-state index contributed by atoms with van der Waals surface area (Å²) in [5, 5.41) is 0. The van der Waals surface area contributed by atoms with Crippen molar-refractivity contribution in [1.82, 2.24) is 14.9 Å². The zero-order chi connectivity index (χ0) is 22.7. The molecule has 1 aliphatic rings. The Morgan fingerprint density at radius 2 is 1.94 bits per heavy atom. The molecule has 9 heteroatoms. The van der Waals surface area contributed by atoms with Crippen LogP contribution in [0.3, 0.4) is 0 Å². The summed E-state index contributed by atoms with van der Waals surface area (Å²) in [5.41, 5.74) is 6.55. The smallest absolute Gasteiger partial charge is 0.384 e. The summed E-state index contributed by atoms with van der Waals surface area (Å²) in [6.45, 7) is 1.01. The molecule has 3 aromatic rings. The highest BCUT2D eigenvalue weighted by Gasteiger charge is 2.33. The molecule has 1 amide bonds. The number of nitrogens with two attached hydrogens (primary N) is 1. The fraction of sp³-hybridized carbons (Fsp3) is 0.261. The maximum absolute atomic E-state index is 13.3. The summed E-state index contributed by atoms with van der Waals surface area (Å²) in [6.07, 6.45) is -3.44. The number of nitrogen functional groups attached to an aromatic ring is 1. The molecular formula is C23H21F3N4O2. The first-order chi connectivity index (χ1) is 15.3. The number of nitrogens with zero attached hydrogens (tertiary/aromatic N) is 3. The van der Waals surface area contributed by atoms with Gasteiger partial charge in [-0.3, -0.25) is 9.78 Å². The number of alkyl halides is 3. The zero-order valence-electron chi connectivity index (χ0n) is 17.0. The first-order valence-electron chi connectivity index (χ1n) is 10.0. The van der Waals surface area contributed by atoms with Gasteiger partial charge in [0.25, 0.3) is 5.91 Å². The molecule has 32 heavy (non-hydrogen) atoms. The van der Waals surface area contributed by atoms with Crippen molar-refractivity contribution in [3.05, 3.63) is 88.9 Å². The van der Waals surface area contributed by atoms with E-state index in [1.165, 1.54) is 18.3 Å². The van der Waals surface area contributed by atoms with Crippen molar-refractivity contribution in [3.8, 4) is 0 Å². The van der Waals surface area contributed by atoms with Gasteiger partial charge < -0.3 is 15.4 Å². The number of anilines is 1. The van der Waals surface area contributed by atoms with Gasteiger partial charge in [0.15, 0.2) is 0 Å². The standard InChI is InChI=1S/C23H21F3N4O2/c24-23(25,26)18-6-2-1-4-15(18)12-17-5-3-7-19(29-17)20-14-30(10-11-32-20)22(31)16-8-9-21(27)28-13-16/h1-9,13,20H,10-12,14H2,(H2,27,28)/t20-/m1/s1. The Morgan fingerprint density at radius 3 is 2.69 bits per heavy atom. The normalized spacial score (nSPS) is 16.7. The number of benzene rings is 1. The minimum Gasteiger partial charge on any atom is -0.384 e. The van der Waals surface area contributed by atoms with E-state index in [2.05, 4.69) is 9.97 Å². The Bertz CT molecular complexity index is 1100. The lowest BCUT2D eigenvalue weighted by atomic mass is 10.0. The number of aromatic nitrogens is 2. The quantitative estimate of drug-likeness (QED) is 0.663. The molecule has 0 radical (unpaired) electrons. The number of pyridine rings is 2. The van der Waals surface area contributed by atoms with Gasteiger partial charge in [-0.15, -0.1) is 0 Å². The van der Waals surface area contributed by atoms with E-state index in [1.807, 2.05) is 0 Å². The van der Waals surface area contributed by atoms with Gasteiger partial charge in [0.2, 0.25) is 0 Å². The molecule has 3 heterocycles. The first kappa shape index (κ1) is 21.8. The number of rotatable bonds is 4. The lowest BCUT2D eigenvalue weighted by Gasteiger charge is -2.32. The zero-order valence-corrected chi connectivity index (χ0v) is 17.0. The van der Waals surface area contributed by atoms with Crippen LogP contribution in [-0.4, -0.2) is 40.5 Å². The lowest BCUT2D eigenvalue weighted by molar-refractivity contribution is -0.138. The number of hydrogen-bond donors (Lipinski definition) is 1. The van der Waals surface area contributed by atoms with Crippen LogP contribution in [0, 0.1) is 0 Å². The molecule has 0 aliphatic carbocycles. The van der Waals surface area contributed by atoms with Crippen molar-refractivity contribution in [2.24, 2.45) is 0 Å². The molecule has 1 aromatic carbocycles. The van der Waals surface area contributed by atoms with Crippen LogP contribution >= 0.6 is 0 Å². The minimum absolute atomic E-state index is 0.0377. The van der Waals surface area contributed by atoms with Gasteiger partial charge in [-0.2, -0.15) is 13.2 Å². The summed E-state index contributed by atoms with van der Waals surface area (Å²) >= 11 is 0. The predicted octanol–water partition coefficient (Wildman–Crippen LogP) is 3.88. The highest BCUT2D eigenvalue weighted by atomic mass is 19.4. The van der Waals surface area contributed by atoms with Crippen LogP contribution in [0.25, 0.3) is 0 Å². The second-order valence-corrected chi connectivity index (χ2v) is 7.47. The molecule has 1 fully saturated rings. The Hall–Kier alpha value is -3.46. The van der Waals surface area contributed by atoms with Crippen LogP contribution in [0.4, 0.5) is 19.0 Å². The third kappa shape index (κ3) is 4.88. The lowest BCUT2D eigenvalue weighted by Crippen LogP contribution is -2.42. The highest BCUT2D eigenvalue weighted by Crippen LogP contribution is 2.33. The van der Waals surface area contributed by atoms with Crippen LogP contribution in [-0.2, 0) is 17.3 Å². The van der Waals surface area contributed by atoms with Crippen LogP contribution in [0.1, 0.15) is 39.0 Å². The number of amides is 1. The number of carbonyl (C=O) groups is 1. The van der Waals surface area contributed by atoms with E-state index in [-0.39, 0.29) is 24.4 Å². The van der Waals surface area contributed by atoms with Gasteiger partial charge in [-0.25, -0.2) is 4.98 Å². The van der Waals surface area contributed by atoms with Crippen molar-refractivity contribution < 1.29 is 22.7 Å². The summed E-state index contributed by atoms with van der Waals surface area (Å²) in [5.74, 6) is 0.135. The Balaban J connectivity index is 1.51. The summed E-state index contributed by atoms with van der Waals surface area (Å²) in [6, 6.07) is 13.8. The molecule has 1 aliphatic heterocycles. The number of ether oxygens (including phenoxy) is 1. The molecule has 1 atom stereocenters. The molecule has 0 unspecified atom stereocenters. The van der Waals surface area contributed by atoms with Gasteiger partial charge >= 0.3 is 6.18 Å². The van der Waals surface area contributed by atoms with E-state index < -0.39 is 17.8 Å². The van der Waals surface area contributed by atoms with E-state index >= 15 is 0 Å². The largest absolute Gasteiger partial charge is 0.416 e. The molecule has 1 saturated heterocycles. The van der Waals surface area contributed by atoms with Gasteiger partial charge in [-0.05, 0) is 35.9 Å². The molecule has 4 rings (SSSR count). The van der Waals surface area contributed by atoms with Gasteiger partial charge in [-0.1, -0.05) is 24.3 Å². The number of carbonyl (C=O) groups excluding carboxylic acids is 1. The van der Waals surface area contributed by atoms with Crippen LogP contribution in [0.15, 0.2) is 60.8 Å². The average Bonchev–Trinajstić information content (AvgIpc) is 2.79. The predicted molar refractivity (Wildman–Crippen MR) is 112 cm³/mol. The van der Waals surface area contributed by atoms with Crippen molar-refractivity contribution in [2.45, 2.75) is 18.7 Å². The van der Waals surface area contributed by atoms with Gasteiger partial charge in [0, 0.05) is 24.9 Å².